The first-order valence-corrected chi connectivity index (χ1v) is 6.99. The van der Waals surface area contributed by atoms with E-state index in [-0.39, 0.29) is 11.1 Å². The molecule has 0 saturated carbocycles. The number of nitrogens with zero attached hydrogens (tertiary/aromatic N) is 1. The summed E-state index contributed by atoms with van der Waals surface area (Å²) in [6.45, 7) is 12.9. The maximum atomic E-state index is 5.87. The van der Waals surface area contributed by atoms with Crippen LogP contribution in [0.4, 0.5) is 0 Å². The van der Waals surface area contributed by atoms with Crippen LogP contribution in [0.25, 0.3) is 0 Å². The summed E-state index contributed by atoms with van der Waals surface area (Å²) in [6, 6.07) is 0. The molecule has 2 aliphatic heterocycles. The van der Waals surface area contributed by atoms with Crippen molar-refractivity contribution in [1.29, 1.82) is 0 Å². The predicted octanol–water partition coefficient (Wildman–Crippen LogP) is 2.58. The Labute approximate surface area is 111 Å². The molecule has 2 saturated heterocycles. The van der Waals surface area contributed by atoms with Gasteiger partial charge < -0.3 is 9.47 Å². The SMILES string of the molecule is CCOCON1C(C)(C)CC(C2CO2)CC1(C)C. The van der Waals surface area contributed by atoms with Gasteiger partial charge in [-0.25, -0.2) is 0 Å². The molecule has 4 nitrogen and oxygen atoms in total. The van der Waals surface area contributed by atoms with Crippen molar-refractivity contribution >= 4 is 0 Å². The molecule has 0 radical (unpaired) electrons. The first-order valence-electron chi connectivity index (χ1n) is 6.99. The fourth-order valence-electron chi connectivity index (χ4n) is 3.45. The lowest BCUT2D eigenvalue weighted by Gasteiger charge is -2.53. The second-order valence-electron chi connectivity index (χ2n) is 6.70. The smallest absolute Gasteiger partial charge is 0.167 e. The van der Waals surface area contributed by atoms with E-state index < -0.39 is 0 Å². The average Bonchev–Trinajstić information content (AvgIpc) is 3.04. The average molecular weight is 257 g/mol. The molecule has 1 atom stereocenters. The van der Waals surface area contributed by atoms with Gasteiger partial charge in [0.25, 0.3) is 0 Å². The maximum Gasteiger partial charge on any atom is 0.167 e. The second kappa shape index (κ2) is 5.08. The summed E-state index contributed by atoms with van der Waals surface area (Å²) in [5, 5.41) is 2.13. The zero-order chi connectivity index (χ0) is 13.4. The molecule has 1 unspecified atom stereocenters. The van der Waals surface area contributed by atoms with Crippen LogP contribution in [-0.2, 0) is 14.3 Å². The highest BCUT2D eigenvalue weighted by atomic mass is 16.8. The van der Waals surface area contributed by atoms with Crippen molar-refractivity contribution in [2.75, 3.05) is 20.0 Å². The lowest BCUT2D eigenvalue weighted by Crippen LogP contribution is -2.61. The minimum atomic E-state index is 0.0233. The van der Waals surface area contributed by atoms with E-state index in [0.29, 0.717) is 25.4 Å². The number of rotatable bonds is 5. The number of epoxide rings is 1. The van der Waals surface area contributed by atoms with Crippen LogP contribution in [0.15, 0.2) is 0 Å². The Hall–Kier alpha value is -0.160. The van der Waals surface area contributed by atoms with Gasteiger partial charge in [0.1, 0.15) is 0 Å². The zero-order valence-electron chi connectivity index (χ0n) is 12.4. The molecular formula is C14H27NO3. The van der Waals surface area contributed by atoms with E-state index in [1.807, 2.05) is 6.92 Å². The molecule has 4 heteroatoms. The molecule has 2 rings (SSSR count). The minimum Gasteiger partial charge on any atom is -0.373 e. The molecule has 0 aliphatic carbocycles. The van der Waals surface area contributed by atoms with Crippen molar-refractivity contribution in [3.63, 3.8) is 0 Å². The summed E-state index contributed by atoms with van der Waals surface area (Å²) < 4.78 is 10.8. The predicted molar refractivity (Wildman–Crippen MR) is 70.0 cm³/mol. The van der Waals surface area contributed by atoms with Crippen LogP contribution in [-0.4, -0.2) is 42.3 Å². The van der Waals surface area contributed by atoms with Gasteiger partial charge in [-0.15, -0.1) is 0 Å². The highest BCUT2D eigenvalue weighted by Gasteiger charge is 2.50. The van der Waals surface area contributed by atoms with E-state index in [1.165, 1.54) is 0 Å². The van der Waals surface area contributed by atoms with Gasteiger partial charge in [0, 0.05) is 17.7 Å². The molecule has 0 bridgehead atoms. The van der Waals surface area contributed by atoms with Gasteiger partial charge in [0.05, 0.1) is 12.7 Å². The quantitative estimate of drug-likeness (QED) is 0.431. The molecule has 2 heterocycles. The number of ether oxygens (including phenoxy) is 2. The molecule has 2 aliphatic rings. The fourth-order valence-corrected chi connectivity index (χ4v) is 3.45. The molecule has 0 spiro atoms. The Bertz CT molecular complexity index is 269. The molecule has 0 aromatic rings. The number of hydrogen-bond acceptors (Lipinski definition) is 4. The van der Waals surface area contributed by atoms with Gasteiger partial charge in [-0.3, -0.25) is 4.84 Å². The first kappa shape index (κ1) is 14.3. The van der Waals surface area contributed by atoms with Crippen molar-refractivity contribution in [3.8, 4) is 0 Å². The zero-order valence-corrected chi connectivity index (χ0v) is 12.4. The van der Waals surface area contributed by atoms with Gasteiger partial charge in [0.15, 0.2) is 6.79 Å². The van der Waals surface area contributed by atoms with E-state index in [1.54, 1.807) is 0 Å². The summed E-state index contributed by atoms with van der Waals surface area (Å²) in [7, 11) is 0. The van der Waals surface area contributed by atoms with Crippen molar-refractivity contribution in [1.82, 2.24) is 5.06 Å². The maximum absolute atomic E-state index is 5.87. The molecule has 106 valence electrons. The van der Waals surface area contributed by atoms with Gasteiger partial charge >= 0.3 is 0 Å². The second-order valence-corrected chi connectivity index (χ2v) is 6.70. The van der Waals surface area contributed by atoms with Gasteiger partial charge in [0.2, 0.25) is 0 Å². The minimum absolute atomic E-state index is 0.0233. The van der Waals surface area contributed by atoms with Crippen LogP contribution in [0.3, 0.4) is 0 Å². The van der Waals surface area contributed by atoms with E-state index >= 15 is 0 Å². The lowest BCUT2D eigenvalue weighted by atomic mass is 9.74. The van der Waals surface area contributed by atoms with Gasteiger partial charge in [-0.1, -0.05) is 0 Å². The molecule has 0 aromatic heterocycles. The number of hydroxylamine groups is 2. The van der Waals surface area contributed by atoms with Crippen LogP contribution < -0.4 is 0 Å². The number of hydrogen-bond donors (Lipinski definition) is 0. The van der Waals surface area contributed by atoms with Crippen LogP contribution in [0.5, 0.6) is 0 Å². The Balaban J connectivity index is 2.02. The number of piperidine rings is 1. The van der Waals surface area contributed by atoms with E-state index in [2.05, 4.69) is 32.8 Å². The van der Waals surface area contributed by atoms with E-state index in [9.17, 15) is 0 Å². The fraction of sp³-hybridized carbons (Fsp3) is 1.00. The normalized spacial score (nSPS) is 31.5. The molecule has 0 amide bonds. The van der Waals surface area contributed by atoms with E-state index in [4.69, 9.17) is 14.3 Å². The Morgan fingerprint density at radius 2 is 1.72 bits per heavy atom. The summed E-state index contributed by atoms with van der Waals surface area (Å²) in [4.78, 5) is 5.87. The van der Waals surface area contributed by atoms with Gasteiger partial charge in [-0.2, -0.15) is 5.06 Å². The molecule has 0 N–H and O–H groups in total. The van der Waals surface area contributed by atoms with Crippen molar-refractivity contribution in [3.05, 3.63) is 0 Å². The van der Waals surface area contributed by atoms with Crippen LogP contribution >= 0.6 is 0 Å². The van der Waals surface area contributed by atoms with Crippen molar-refractivity contribution < 1.29 is 14.3 Å². The molecule has 0 aromatic carbocycles. The Morgan fingerprint density at radius 3 is 2.17 bits per heavy atom. The summed E-state index contributed by atoms with van der Waals surface area (Å²) in [5.74, 6) is 0.655. The standard InChI is InChI=1S/C14H27NO3/c1-6-16-10-18-15-13(2,3)7-11(12-9-17-12)8-14(15,4)5/h11-12H,6-10H2,1-5H3. The highest BCUT2D eigenvalue weighted by Crippen LogP contribution is 2.45. The van der Waals surface area contributed by atoms with E-state index in [0.717, 1.165) is 19.4 Å². The molecular weight excluding hydrogens is 230 g/mol. The third-order valence-corrected chi connectivity index (χ3v) is 3.98. The topological polar surface area (TPSA) is 34.2 Å². The third-order valence-electron chi connectivity index (χ3n) is 3.98. The first-order chi connectivity index (χ1) is 8.37. The summed E-state index contributed by atoms with van der Waals surface area (Å²) >= 11 is 0. The van der Waals surface area contributed by atoms with Gasteiger partial charge in [-0.05, 0) is 53.4 Å². The monoisotopic (exact) mass is 257 g/mol. The molecule has 18 heavy (non-hydrogen) atoms. The summed E-state index contributed by atoms with van der Waals surface area (Å²) in [6.07, 6.45) is 2.72. The van der Waals surface area contributed by atoms with Crippen LogP contribution in [0, 0.1) is 5.92 Å². The molecule has 2 fully saturated rings. The Morgan fingerprint density at radius 1 is 1.17 bits per heavy atom. The van der Waals surface area contributed by atoms with Crippen molar-refractivity contribution in [2.24, 2.45) is 5.92 Å². The van der Waals surface area contributed by atoms with Crippen molar-refractivity contribution in [2.45, 2.75) is 64.6 Å². The van der Waals surface area contributed by atoms with Crippen LogP contribution in [0.1, 0.15) is 47.5 Å². The lowest BCUT2D eigenvalue weighted by molar-refractivity contribution is -0.321. The van der Waals surface area contributed by atoms with Crippen LogP contribution in [0.2, 0.25) is 0 Å². The summed E-state index contributed by atoms with van der Waals surface area (Å²) in [5.41, 5.74) is 0.0466. The highest BCUT2D eigenvalue weighted by molar-refractivity contribution is 5.00. The third kappa shape index (κ3) is 3.05. The Kier molecular flexibility index (Phi) is 4.02. The largest absolute Gasteiger partial charge is 0.373 e.